The maximum atomic E-state index is 12.0. The number of rotatable bonds is 5. The number of hydrogen-bond donors (Lipinski definition) is 5. The third-order valence-electron chi connectivity index (χ3n) is 5.12. The molecule has 4 rings (SSSR count). The van der Waals surface area contributed by atoms with Crippen LogP contribution in [0.2, 0.25) is 0 Å². The summed E-state index contributed by atoms with van der Waals surface area (Å²) < 4.78 is 31.4. The molecule has 2 aromatic rings. The summed E-state index contributed by atoms with van der Waals surface area (Å²) >= 11 is 0. The molecule has 3 amide bonds. The van der Waals surface area contributed by atoms with E-state index in [1.54, 1.807) is 6.07 Å². The van der Waals surface area contributed by atoms with E-state index in [0.717, 1.165) is 18.5 Å². The smallest absolute Gasteiger partial charge is 0.407 e. The number of urea groups is 1. The normalized spacial score (nSPS) is 21.7. The van der Waals surface area contributed by atoms with Gasteiger partial charge in [-0.25, -0.2) is 22.7 Å². The molecule has 1 fully saturated rings. The van der Waals surface area contributed by atoms with Crippen LogP contribution in [0.5, 0.6) is 0 Å². The van der Waals surface area contributed by atoms with Gasteiger partial charge in [-0.2, -0.15) is 5.10 Å². The standard InChI is InChI=1S/C19H24N6O5S/c1-10(2)20-19(27)30-13-5-3-11(7-13)14-9-17(24-23-14)21-12-4-6-16-15(8-12)22-18(26)25-31(16,28)29/h4,6,8-11,13H,3,5,7H2,1-2H3,(H,20,27)(H2,21,23,24)(H2,22,25,26)/t11-,13+/m0/s1. The maximum absolute atomic E-state index is 12.0. The number of H-pyrrole nitrogens is 1. The molecular formula is C19H24N6O5S. The van der Waals surface area contributed by atoms with Crippen LogP contribution in [0.15, 0.2) is 29.2 Å². The molecule has 0 spiro atoms. The molecule has 5 N–H and O–H groups in total. The van der Waals surface area contributed by atoms with E-state index in [4.69, 9.17) is 4.74 Å². The van der Waals surface area contributed by atoms with Crippen LogP contribution in [0, 0.1) is 0 Å². The summed E-state index contributed by atoms with van der Waals surface area (Å²) in [5, 5.41) is 15.6. The van der Waals surface area contributed by atoms with Gasteiger partial charge in [0.1, 0.15) is 11.0 Å². The number of sulfonamides is 1. The van der Waals surface area contributed by atoms with Gasteiger partial charge in [-0.3, -0.25) is 5.10 Å². The second kappa shape index (κ2) is 8.10. The monoisotopic (exact) mass is 448 g/mol. The van der Waals surface area contributed by atoms with Gasteiger partial charge in [-0.1, -0.05) is 0 Å². The predicted molar refractivity (Wildman–Crippen MR) is 113 cm³/mol. The Morgan fingerprint density at radius 3 is 2.84 bits per heavy atom. The fourth-order valence-corrected chi connectivity index (χ4v) is 4.82. The first-order chi connectivity index (χ1) is 14.7. The van der Waals surface area contributed by atoms with Gasteiger partial charge in [0.15, 0.2) is 5.82 Å². The topological polar surface area (TPSA) is 154 Å². The number of aromatic nitrogens is 2. The Bertz CT molecular complexity index is 1110. The minimum absolute atomic E-state index is 0.00105. The van der Waals surface area contributed by atoms with Crippen molar-refractivity contribution in [2.75, 3.05) is 10.6 Å². The van der Waals surface area contributed by atoms with E-state index in [1.165, 1.54) is 12.1 Å². The first kappa shape index (κ1) is 21.0. The number of carbonyl (C=O) groups is 2. The average Bonchev–Trinajstić information content (AvgIpc) is 3.29. The van der Waals surface area contributed by atoms with Gasteiger partial charge >= 0.3 is 12.1 Å². The Labute approximate surface area is 179 Å². The number of amides is 3. The third-order valence-corrected chi connectivity index (χ3v) is 6.51. The number of anilines is 3. The first-order valence-corrected chi connectivity index (χ1v) is 11.5. The van der Waals surface area contributed by atoms with Crippen LogP contribution in [-0.4, -0.2) is 42.9 Å². The van der Waals surface area contributed by atoms with Crippen molar-refractivity contribution >= 4 is 39.3 Å². The lowest BCUT2D eigenvalue weighted by Crippen LogP contribution is -2.39. The number of carbonyl (C=O) groups excluding carboxylic acids is 2. The third kappa shape index (κ3) is 4.74. The Hall–Kier alpha value is -3.28. The molecule has 0 saturated heterocycles. The number of nitrogens with zero attached hydrogens (tertiary/aromatic N) is 1. The van der Waals surface area contributed by atoms with Crippen LogP contribution in [0.25, 0.3) is 0 Å². The van der Waals surface area contributed by atoms with Crippen LogP contribution < -0.4 is 20.7 Å². The minimum atomic E-state index is -3.86. The van der Waals surface area contributed by atoms with Gasteiger partial charge in [-0.15, -0.1) is 0 Å². The highest BCUT2D eigenvalue weighted by Crippen LogP contribution is 2.36. The van der Waals surface area contributed by atoms with E-state index in [1.807, 2.05) is 24.6 Å². The van der Waals surface area contributed by atoms with Crippen molar-refractivity contribution in [3.05, 3.63) is 30.0 Å². The van der Waals surface area contributed by atoms with Gasteiger partial charge in [0, 0.05) is 29.4 Å². The molecular weight excluding hydrogens is 424 g/mol. The molecule has 2 atom stereocenters. The summed E-state index contributed by atoms with van der Waals surface area (Å²) in [6.07, 6.45) is 1.83. The van der Waals surface area contributed by atoms with Crippen LogP contribution in [0.3, 0.4) is 0 Å². The fourth-order valence-electron chi connectivity index (χ4n) is 3.77. The van der Waals surface area contributed by atoms with E-state index in [0.29, 0.717) is 17.9 Å². The van der Waals surface area contributed by atoms with E-state index in [-0.39, 0.29) is 28.6 Å². The van der Waals surface area contributed by atoms with Crippen LogP contribution in [0.4, 0.5) is 26.8 Å². The van der Waals surface area contributed by atoms with Gasteiger partial charge in [0.25, 0.3) is 10.0 Å². The molecule has 0 unspecified atom stereocenters. The fraction of sp³-hybridized carbons (Fsp3) is 0.421. The summed E-state index contributed by atoms with van der Waals surface area (Å²) in [6.45, 7) is 3.76. The van der Waals surface area contributed by atoms with Crippen LogP contribution in [0.1, 0.15) is 44.7 Å². The highest BCUT2D eigenvalue weighted by atomic mass is 32.2. The lowest BCUT2D eigenvalue weighted by Gasteiger charge is -2.19. The van der Waals surface area contributed by atoms with Crippen molar-refractivity contribution in [2.45, 2.75) is 56.1 Å². The number of benzene rings is 1. The molecule has 2 heterocycles. The second-order valence-corrected chi connectivity index (χ2v) is 9.59. The predicted octanol–water partition coefficient (Wildman–Crippen LogP) is 2.75. The zero-order valence-corrected chi connectivity index (χ0v) is 17.9. The van der Waals surface area contributed by atoms with Crippen molar-refractivity contribution in [3.8, 4) is 0 Å². The zero-order valence-electron chi connectivity index (χ0n) is 17.1. The van der Waals surface area contributed by atoms with E-state index in [9.17, 15) is 18.0 Å². The van der Waals surface area contributed by atoms with Crippen molar-refractivity contribution in [2.24, 2.45) is 0 Å². The summed E-state index contributed by atoms with van der Waals surface area (Å²) in [6, 6.07) is 5.64. The molecule has 1 aromatic heterocycles. The molecule has 12 heteroatoms. The minimum Gasteiger partial charge on any atom is -0.446 e. The SMILES string of the molecule is CC(C)NC(=O)O[C@@H]1CC[C@H](c2cc(Nc3ccc4c(c3)NC(=O)NS4(=O)=O)n[nH]2)C1. The van der Waals surface area contributed by atoms with E-state index < -0.39 is 22.1 Å². The highest BCUT2D eigenvalue weighted by molar-refractivity contribution is 7.90. The average molecular weight is 449 g/mol. The lowest BCUT2D eigenvalue weighted by atomic mass is 10.0. The largest absolute Gasteiger partial charge is 0.446 e. The Kier molecular flexibility index (Phi) is 5.48. The molecule has 31 heavy (non-hydrogen) atoms. The number of alkyl carbamates (subject to hydrolysis) is 1. The second-order valence-electron chi connectivity index (χ2n) is 7.94. The van der Waals surface area contributed by atoms with Gasteiger partial charge in [0.05, 0.1) is 5.69 Å². The summed E-state index contributed by atoms with van der Waals surface area (Å²) in [5.41, 5.74) is 1.70. The lowest BCUT2D eigenvalue weighted by molar-refractivity contribution is 0.0981. The summed E-state index contributed by atoms with van der Waals surface area (Å²) in [7, 11) is -3.86. The Balaban J connectivity index is 1.40. The molecule has 166 valence electrons. The zero-order chi connectivity index (χ0) is 22.2. The molecule has 1 aliphatic carbocycles. The van der Waals surface area contributed by atoms with Crippen molar-refractivity contribution in [1.82, 2.24) is 20.2 Å². The van der Waals surface area contributed by atoms with Crippen LogP contribution >= 0.6 is 0 Å². The number of ether oxygens (including phenoxy) is 1. The van der Waals surface area contributed by atoms with Crippen molar-refractivity contribution < 1.29 is 22.7 Å². The first-order valence-electron chi connectivity index (χ1n) is 9.97. The van der Waals surface area contributed by atoms with E-state index in [2.05, 4.69) is 26.1 Å². The number of nitrogens with one attached hydrogen (secondary N) is 5. The summed E-state index contributed by atoms with van der Waals surface area (Å²) in [5.74, 6) is 0.749. The van der Waals surface area contributed by atoms with Gasteiger partial charge in [-0.05, 0) is 51.3 Å². The number of fused-ring (bicyclic) bond motifs is 1. The molecule has 0 bridgehead atoms. The molecule has 1 saturated carbocycles. The Morgan fingerprint density at radius 1 is 1.26 bits per heavy atom. The van der Waals surface area contributed by atoms with Gasteiger partial charge in [0.2, 0.25) is 0 Å². The maximum Gasteiger partial charge on any atom is 0.407 e. The van der Waals surface area contributed by atoms with Crippen molar-refractivity contribution in [3.63, 3.8) is 0 Å². The quantitative estimate of drug-likeness (QED) is 0.471. The van der Waals surface area contributed by atoms with Gasteiger partial charge < -0.3 is 20.7 Å². The van der Waals surface area contributed by atoms with E-state index >= 15 is 0 Å². The highest BCUT2D eigenvalue weighted by Gasteiger charge is 2.30. The molecule has 0 radical (unpaired) electrons. The summed E-state index contributed by atoms with van der Waals surface area (Å²) in [4.78, 5) is 23.3. The van der Waals surface area contributed by atoms with Crippen LogP contribution in [-0.2, 0) is 14.8 Å². The number of aromatic amines is 1. The van der Waals surface area contributed by atoms with Crippen molar-refractivity contribution in [1.29, 1.82) is 0 Å². The molecule has 11 nitrogen and oxygen atoms in total. The number of hydrogen-bond acceptors (Lipinski definition) is 7. The molecule has 1 aromatic carbocycles. The Morgan fingerprint density at radius 2 is 2.06 bits per heavy atom. The molecule has 2 aliphatic rings. The molecule has 1 aliphatic heterocycles.